The summed E-state index contributed by atoms with van der Waals surface area (Å²) in [5.74, 6) is 3.41. The molecule has 2 rings (SSSR count). The molecule has 2 heteroatoms. The molecule has 148 valence electrons. The van der Waals surface area contributed by atoms with E-state index in [2.05, 4.69) is 39.8 Å². The minimum absolute atomic E-state index is 0.146. The van der Waals surface area contributed by atoms with Crippen molar-refractivity contribution >= 4 is 0 Å². The van der Waals surface area contributed by atoms with Gasteiger partial charge in [0.15, 0.2) is 0 Å². The van der Waals surface area contributed by atoms with Crippen LogP contribution in [0.25, 0.3) is 0 Å². The molecule has 0 heterocycles. The van der Waals surface area contributed by atoms with E-state index in [1.54, 1.807) is 0 Å². The van der Waals surface area contributed by atoms with Crippen molar-refractivity contribution in [2.45, 2.75) is 96.8 Å². The summed E-state index contributed by atoms with van der Waals surface area (Å²) in [4.78, 5) is 0. The molecule has 0 amide bonds. The molecule has 0 N–H and O–H groups in total. The summed E-state index contributed by atoms with van der Waals surface area (Å²) in [6, 6.07) is 4.58. The van der Waals surface area contributed by atoms with Gasteiger partial charge in [0.25, 0.3) is 0 Å². The van der Waals surface area contributed by atoms with Crippen molar-refractivity contribution < 1.29 is 9.47 Å². The Labute approximate surface area is 161 Å². The highest BCUT2D eigenvalue weighted by molar-refractivity contribution is 5.52. The van der Waals surface area contributed by atoms with Gasteiger partial charge in [-0.25, -0.2) is 0 Å². The lowest BCUT2D eigenvalue weighted by atomic mass is 9.75. The summed E-state index contributed by atoms with van der Waals surface area (Å²) in [5.41, 5.74) is 2.79. The lowest BCUT2D eigenvalue weighted by Gasteiger charge is -2.32. The molecular weight excluding hydrogens is 320 g/mol. The molecule has 0 radical (unpaired) electrons. The summed E-state index contributed by atoms with van der Waals surface area (Å²) in [6.07, 6.45) is 11.6. The van der Waals surface area contributed by atoms with Crippen LogP contribution < -0.4 is 9.47 Å². The molecule has 0 aliphatic heterocycles. The number of ether oxygens (including phenoxy) is 2. The highest BCUT2D eigenvalue weighted by atomic mass is 16.5. The topological polar surface area (TPSA) is 18.5 Å². The number of rotatable bonds is 9. The number of unbranched alkanes of at least 4 members (excludes halogenated alkanes) is 3. The number of hydrogen-bond donors (Lipinski definition) is 0. The molecule has 0 spiro atoms. The van der Waals surface area contributed by atoms with Crippen LogP contribution in [0.4, 0.5) is 0 Å². The molecule has 1 aliphatic carbocycles. The summed E-state index contributed by atoms with van der Waals surface area (Å²) in [5, 5.41) is 0. The Kier molecular flexibility index (Phi) is 7.85. The smallest absolute Gasteiger partial charge is 0.126 e. The maximum Gasteiger partial charge on any atom is 0.126 e. The van der Waals surface area contributed by atoms with Gasteiger partial charge in [-0.05, 0) is 54.2 Å². The van der Waals surface area contributed by atoms with Gasteiger partial charge in [0.1, 0.15) is 11.5 Å². The summed E-state index contributed by atoms with van der Waals surface area (Å²) in [7, 11) is 3.62. The fourth-order valence-corrected chi connectivity index (χ4v) is 4.57. The molecule has 1 aromatic rings. The maximum atomic E-state index is 5.88. The largest absolute Gasteiger partial charge is 0.496 e. The zero-order valence-electron chi connectivity index (χ0n) is 18.0. The average molecular weight is 361 g/mol. The molecule has 2 atom stereocenters. The Morgan fingerprint density at radius 3 is 2.19 bits per heavy atom. The van der Waals surface area contributed by atoms with E-state index in [9.17, 15) is 0 Å². The highest BCUT2D eigenvalue weighted by Gasteiger charge is 2.29. The molecule has 1 fully saturated rings. The van der Waals surface area contributed by atoms with Gasteiger partial charge in [0, 0.05) is 5.56 Å². The molecule has 1 aliphatic rings. The predicted octanol–water partition coefficient (Wildman–Crippen LogP) is 7.25. The predicted molar refractivity (Wildman–Crippen MR) is 112 cm³/mol. The standard InChI is InChI=1S/C24H40O2/c1-7-8-9-10-14-24(3,4)20-16-21(25-5)23(22(17-20)26-6)19-13-11-12-18(2)15-19/h16-19H,7-15H2,1-6H3. The van der Waals surface area contributed by atoms with E-state index in [1.165, 1.54) is 68.9 Å². The van der Waals surface area contributed by atoms with Gasteiger partial charge in [0.2, 0.25) is 0 Å². The molecule has 0 aromatic heterocycles. The lowest BCUT2D eigenvalue weighted by molar-refractivity contribution is 0.317. The van der Waals surface area contributed by atoms with Crippen molar-refractivity contribution in [3.05, 3.63) is 23.3 Å². The fourth-order valence-electron chi connectivity index (χ4n) is 4.57. The molecule has 1 aromatic carbocycles. The summed E-state index contributed by atoms with van der Waals surface area (Å²) in [6.45, 7) is 9.36. The van der Waals surface area contributed by atoms with Crippen molar-refractivity contribution in [3.63, 3.8) is 0 Å². The van der Waals surface area contributed by atoms with Crippen molar-refractivity contribution in [1.29, 1.82) is 0 Å². The van der Waals surface area contributed by atoms with E-state index >= 15 is 0 Å². The Bertz CT molecular complexity index is 536. The van der Waals surface area contributed by atoms with Crippen LogP contribution in [0.3, 0.4) is 0 Å². The third kappa shape index (κ3) is 5.18. The minimum atomic E-state index is 0.146. The van der Waals surface area contributed by atoms with E-state index in [4.69, 9.17) is 9.47 Å². The van der Waals surface area contributed by atoms with Crippen molar-refractivity contribution in [3.8, 4) is 11.5 Å². The Balaban J connectivity index is 2.29. The van der Waals surface area contributed by atoms with Gasteiger partial charge in [-0.15, -0.1) is 0 Å². The second-order valence-electron chi connectivity index (χ2n) is 8.96. The molecule has 0 saturated heterocycles. The zero-order valence-corrected chi connectivity index (χ0v) is 18.0. The van der Waals surface area contributed by atoms with Crippen molar-refractivity contribution in [2.24, 2.45) is 5.92 Å². The lowest BCUT2D eigenvalue weighted by Crippen LogP contribution is -2.19. The average Bonchev–Trinajstić information content (AvgIpc) is 2.64. The molecule has 26 heavy (non-hydrogen) atoms. The number of methoxy groups -OCH3 is 2. The van der Waals surface area contributed by atoms with Crippen LogP contribution in [0.1, 0.15) is 103 Å². The van der Waals surface area contributed by atoms with Crippen LogP contribution in [0.15, 0.2) is 12.1 Å². The first-order valence-electron chi connectivity index (χ1n) is 10.7. The van der Waals surface area contributed by atoms with Gasteiger partial charge in [-0.2, -0.15) is 0 Å². The Hall–Kier alpha value is -1.18. The van der Waals surface area contributed by atoms with Gasteiger partial charge < -0.3 is 9.47 Å². The molecular formula is C24H40O2. The van der Waals surface area contributed by atoms with Gasteiger partial charge in [-0.1, -0.05) is 66.2 Å². The minimum Gasteiger partial charge on any atom is -0.496 e. The van der Waals surface area contributed by atoms with Crippen LogP contribution in [-0.4, -0.2) is 14.2 Å². The molecule has 2 unspecified atom stereocenters. The van der Waals surface area contributed by atoms with Crippen LogP contribution in [0.5, 0.6) is 11.5 Å². The SMILES string of the molecule is CCCCCCC(C)(C)c1cc(OC)c(C2CCCC(C)C2)c(OC)c1. The maximum absolute atomic E-state index is 5.88. The number of hydrogen-bond acceptors (Lipinski definition) is 2. The first-order valence-corrected chi connectivity index (χ1v) is 10.7. The number of benzene rings is 1. The summed E-state index contributed by atoms with van der Waals surface area (Å²) < 4.78 is 11.8. The van der Waals surface area contributed by atoms with Gasteiger partial charge in [0.05, 0.1) is 14.2 Å². The molecule has 2 nitrogen and oxygen atoms in total. The third-order valence-corrected chi connectivity index (χ3v) is 6.33. The quantitative estimate of drug-likeness (QED) is 0.432. The van der Waals surface area contributed by atoms with Gasteiger partial charge in [-0.3, -0.25) is 0 Å². The van der Waals surface area contributed by atoms with E-state index < -0.39 is 0 Å². The van der Waals surface area contributed by atoms with Crippen molar-refractivity contribution in [1.82, 2.24) is 0 Å². The Morgan fingerprint density at radius 2 is 1.65 bits per heavy atom. The van der Waals surface area contributed by atoms with Crippen molar-refractivity contribution in [2.75, 3.05) is 14.2 Å². The van der Waals surface area contributed by atoms with Crippen LogP contribution in [-0.2, 0) is 5.41 Å². The zero-order chi connectivity index (χ0) is 19.2. The monoisotopic (exact) mass is 360 g/mol. The van der Waals surface area contributed by atoms with E-state index in [0.717, 1.165) is 17.4 Å². The molecule has 0 bridgehead atoms. The molecule has 1 saturated carbocycles. The second kappa shape index (κ2) is 9.67. The van der Waals surface area contributed by atoms with E-state index in [1.807, 2.05) is 14.2 Å². The first kappa shape index (κ1) is 21.1. The second-order valence-corrected chi connectivity index (χ2v) is 8.96. The Morgan fingerprint density at radius 1 is 1.00 bits per heavy atom. The fraction of sp³-hybridized carbons (Fsp3) is 0.750. The summed E-state index contributed by atoms with van der Waals surface area (Å²) >= 11 is 0. The van der Waals surface area contributed by atoms with Crippen LogP contribution in [0, 0.1) is 5.92 Å². The van der Waals surface area contributed by atoms with Crippen LogP contribution >= 0.6 is 0 Å². The van der Waals surface area contributed by atoms with Gasteiger partial charge >= 0.3 is 0 Å². The van der Waals surface area contributed by atoms with Crippen LogP contribution in [0.2, 0.25) is 0 Å². The first-order chi connectivity index (χ1) is 12.4. The normalized spacial score (nSPS) is 20.8. The van der Waals surface area contributed by atoms with E-state index in [0.29, 0.717) is 5.92 Å². The highest BCUT2D eigenvalue weighted by Crippen LogP contribution is 2.46. The van der Waals surface area contributed by atoms with E-state index in [-0.39, 0.29) is 5.41 Å². The third-order valence-electron chi connectivity index (χ3n) is 6.33.